The summed E-state index contributed by atoms with van der Waals surface area (Å²) in [4.78, 5) is 49.5. The van der Waals surface area contributed by atoms with E-state index in [-0.39, 0.29) is 31.9 Å². The average molecular weight is 556 g/mol. The quantitative estimate of drug-likeness (QED) is 0.0812. The molecule has 6 N–H and O–H groups in total. The smallest absolute Gasteiger partial charge is 0.408 e. The number of guanidine groups is 1. The lowest BCUT2D eigenvalue weighted by Gasteiger charge is -2.25. The highest BCUT2D eigenvalue weighted by atomic mass is 16.7. The molecule has 2 rings (SSSR count). The number of nitrogens with one attached hydrogen (secondary N) is 4. The Balaban J connectivity index is 2.15. The van der Waals surface area contributed by atoms with Crippen LogP contribution >= 0.6 is 0 Å². The maximum atomic E-state index is 13.4. The summed E-state index contributed by atoms with van der Waals surface area (Å²) in [5, 5.41) is 23.3. The standard InChI is InChI=1S/C27H37N7O6/c1-27(2,3)40-26(37)32-22(17-19-11-6-4-7-12-19)24(36)31-21(15-10-16-29-25(28)33-34(38)39)23(35)30-18-20-13-8-5-9-14-20/h4-9,11-14,21-22H,10,15-18H2,1-3H3,(H,30,35)(H,31,36)(H,32,37)(H3,28,29,33)/t21?,22-/m1/s1. The molecule has 13 nitrogen and oxygen atoms in total. The molecule has 1 unspecified atom stereocenters. The van der Waals surface area contributed by atoms with Crippen molar-refractivity contribution < 1.29 is 24.2 Å². The second kappa shape index (κ2) is 15.7. The number of nitrogens with zero attached hydrogens (tertiary/aromatic N) is 2. The third-order valence-corrected chi connectivity index (χ3v) is 5.40. The van der Waals surface area contributed by atoms with Crippen molar-refractivity contribution in [2.45, 2.75) is 64.3 Å². The summed E-state index contributed by atoms with van der Waals surface area (Å²) in [6, 6.07) is 16.4. The van der Waals surface area contributed by atoms with Crippen LogP contribution in [0.5, 0.6) is 0 Å². The van der Waals surface area contributed by atoms with E-state index in [9.17, 15) is 24.5 Å². The van der Waals surface area contributed by atoms with Crippen LogP contribution in [0.25, 0.3) is 0 Å². The molecule has 13 heteroatoms. The highest BCUT2D eigenvalue weighted by Crippen LogP contribution is 2.10. The Kier molecular flexibility index (Phi) is 12.4. The van der Waals surface area contributed by atoms with Crippen LogP contribution in [0.2, 0.25) is 0 Å². The van der Waals surface area contributed by atoms with Gasteiger partial charge in [0, 0.05) is 19.5 Å². The van der Waals surface area contributed by atoms with Crippen molar-refractivity contribution in [1.82, 2.24) is 21.3 Å². The largest absolute Gasteiger partial charge is 0.444 e. The molecule has 0 spiro atoms. The van der Waals surface area contributed by atoms with Crippen LogP contribution in [0, 0.1) is 10.1 Å². The minimum absolute atomic E-state index is 0.166. The molecule has 40 heavy (non-hydrogen) atoms. The maximum Gasteiger partial charge on any atom is 0.408 e. The molecule has 216 valence electrons. The van der Waals surface area contributed by atoms with Crippen LogP contribution in [-0.4, -0.2) is 53.1 Å². The number of nitrogens with two attached hydrogens (primary N) is 1. The lowest BCUT2D eigenvalue weighted by molar-refractivity contribution is -0.485. The fourth-order valence-corrected chi connectivity index (χ4v) is 3.60. The van der Waals surface area contributed by atoms with Crippen molar-refractivity contribution in [3.63, 3.8) is 0 Å². The van der Waals surface area contributed by atoms with Crippen molar-refractivity contribution in [3.8, 4) is 0 Å². The van der Waals surface area contributed by atoms with Crippen LogP contribution < -0.4 is 27.0 Å². The second-order valence-corrected chi connectivity index (χ2v) is 9.95. The van der Waals surface area contributed by atoms with Gasteiger partial charge in [-0.05, 0) is 44.7 Å². The first-order valence-electron chi connectivity index (χ1n) is 12.8. The zero-order valence-electron chi connectivity index (χ0n) is 22.9. The van der Waals surface area contributed by atoms with E-state index in [0.29, 0.717) is 6.42 Å². The number of amides is 3. The predicted octanol–water partition coefficient (Wildman–Crippen LogP) is 1.80. The maximum absolute atomic E-state index is 13.4. The highest BCUT2D eigenvalue weighted by molar-refractivity contribution is 5.91. The molecule has 2 aromatic carbocycles. The normalized spacial score (nSPS) is 12.9. The Labute approximate surface area is 233 Å². The van der Waals surface area contributed by atoms with Gasteiger partial charge in [0.25, 0.3) is 5.96 Å². The summed E-state index contributed by atoms with van der Waals surface area (Å²) in [6.45, 7) is 5.55. The number of benzene rings is 2. The first-order valence-corrected chi connectivity index (χ1v) is 12.8. The van der Waals surface area contributed by atoms with Gasteiger partial charge in [-0.25, -0.2) is 14.9 Å². The van der Waals surface area contributed by atoms with Gasteiger partial charge in [-0.1, -0.05) is 60.7 Å². The number of hydrazone groups is 1. The van der Waals surface area contributed by atoms with Gasteiger partial charge in [0.05, 0.1) is 0 Å². The van der Waals surface area contributed by atoms with Crippen molar-refractivity contribution in [2.75, 3.05) is 6.54 Å². The zero-order chi connectivity index (χ0) is 29.5. The average Bonchev–Trinajstić information content (AvgIpc) is 2.88. The number of ether oxygens (including phenoxy) is 1. The fourth-order valence-electron chi connectivity index (χ4n) is 3.60. The Hall–Kier alpha value is -4.68. The number of alkyl carbamates (subject to hydrolysis) is 1. The lowest BCUT2D eigenvalue weighted by atomic mass is 10.0. The molecule has 2 aromatic rings. The first-order chi connectivity index (χ1) is 18.9. The monoisotopic (exact) mass is 555 g/mol. The molecule has 0 aliphatic carbocycles. The van der Waals surface area contributed by atoms with E-state index in [1.807, 2.05) is 60.7 Å². The Morgan fingerprint density at radius 2 is 1.52 bits per heavy atom. The highest BCUT2D eigenvalue weighted by Gasteiger charge is 2.28. The van der Waals surface area contributed by atoms with E-state index in [1.165, 1.54) is 0 Å². The molecule has 0 aliphatic heterocycles. The van der Waals surface area contributed by atoms with Gasteiger partial charge >= 0.3 is 6.09 Å². The fraction of sp³-hybridized carbons (Fsp3) is 0.407. The Morgan fingerprint density at radius 1 is 0.925 bits per heavy atom. The number of rotatable bonds is 13. The van der Waals surface area contributed by atoms with E-state index in [2.05, 4.69) is 26.4 Å². The third-order valence-electron chi connectivity index (χ3n) is 5.40. The number of nitro groups is 1. The molecule has 0 aromatic heterocycles. The molecule has 0 heterocycles. The summed E-state index contributed by atoms with van der Waals surface area (Å²) in [6.07, 6.45) is -0.103. The van der Waals surface area contributed by atoms with E-state index in [4.69, 9.17) is 10.5 Å². The predicted molar refractivity (Wildman–Crippen MR) is 149 cm³/mol. The molecule has 0 fully saturated rings. The second-order valence-electron chi connectivity index (χ2n) is 9.95. The van der Waals surface area contributed by atoms with Gasteiger partial charge < -0.3 is 31.7 Å². The Bertz CT molecular complexity index is 1150. The van der Waals surface area contributed by atoms with Crippen LogP contribution in [0.15, 0.2) is 65.8 Å². The van der Waals surface area contributed by atoms with E-state index >= 15 is 0 Å². The van der Waals surface area contributed by atoms with Crippen molar-refractivity contribution >= 4 is 23.9 Å². The molecular formula is C27H37N7O6. The van der Waals surface area contributed by atoms with Crippen LogP contribution in [0.3, 0.4) is 0 Å². The molecule has 0 saturated heterocycles. The molecule has 0 radical (unpaired) electrons. The topological polar surface area (TPSA) is 190 Å². The molecule has 0 bridgehead atoms. The summed E-state index contributed by atoms with van der Waals surface area (Å²) >= 11 is 0. The number of hydrogen-bond acceptors (Lipinski definition) is 6. The van der Waals surface area contributed by atoms with Gasteiger partial charge in [-0.15, -0.1) is 0 Å². The SMILES string of the molecule is CC(C)(C)OC(=O)N[C@H](Cc1ccccc1)C(=O)NC(CCCNC(N)=N[N+](=O)[O-])C(=O)NCc1ccccc1. The van der Waals surface area contributed by atoms with Gasteiger partial charge in [0.2, 0.25) is 11.8 Å². The Morgan fingerprint density at radius 3 is 2.10 bits per heavy atom. The molecular weight excluding hydrogens is 518 g/mol. The van der Waals surface area contributed by atoms with Gasteiger partial charge in [-0.3, -0.25) is 9.59 Å². The lowest BCUT2D eigenvalue weighted by Crippen LogP contribution is -2.55. The van der Waals surface area contributed by atoms with Gasteiger partial charge in [-0.2, -0.15) is 0 Å². The zero-order valence-corrected chi connectivity index (χ0v) is 22.9. The number of carbonyl (C=O) groups excluding carboxylic acids is 3. The number of carbonyl (C=O) groups is 3. The minimum Gasteiger partial charge on any atom is -0.444 e. The summed E-state index contributed by atoms with van der Waals surface area (Å²) in [5.41, 5.74) is 6.35. The van der Waals surface area contributed by atoms with Crippen LogP contribution in [0.4, 0.5) is 4.79 Å². The molecule has 3 amide bonds. The van der Waals surface area contributed by atoms with Crippen molar-refractivity contribution in [3.05, 3.63) is 81.9 Å². The summed E-state index contributed by atoms with van der Waals surface area (Å²) < 4.78 is 5.34. The number of hydrogen-bond donors (Lipinski definition) is 5. The van der Waals surface area contributed by atoms with Crippen molar-refractivity contribution in [1.29, 1.82) is 0 Å². The van der Waals surface area contributed by atoms with E-state index < -0.39 is 40.6 Å². The first kappa shape index (κ1) is 31.5. The van der Waals surface area contributed by atoms with Gasteiger partial charge in [0.1, 0.15) is 22.8 Å². The summed E-state index contributed by atoms with van der Waals surface area (Å²) in [5.74, 6) is -1.37. The summed E-state index contributed by atoms with van der Waals surface area (Å²) in [7, 11) is 0. The molecule has 2 atom stereocenters. The van der Waals surface area contributed by atoms with E-state index in [1.54, 1.807) is 20.8 Å². The van der Waals surface area contributed by atoms with Crippen LogP contribution in [-0.2, 0) is 27.3 Å². The minimum atomic E-state index is -1.03. The third kappa shape index (κ3) is 12.7. The van der Waals surface area contributed by atoms with E-state index in [0.717, 1.165) is 11.1 Å². The molecule has 0 saturated carbocycles. The van der Waals surface area contributed by atoms with Crippen LogP contribution in [0.1, 0.15) is 44.7 Å². The van der Waals surface area contributed by atoms with Gasteiger partial charge in [0.15, 0.2) is 5.03 Å². The van der Waals surface area contributed by atoms with Crippen molar-refractivity contribution in [2.24, 2.45) is 10.8 Å². The molecule has 0 aliphatic rings.